The molecule has 1 N–H and O–H groups in total. The second kappa shape index (κ2) is 7.86. The third kappa shape index (κ3) is 4.90. The second-order valence-corrected chi connectivity index (χ2v) is 7.78. The Morgan fingerprint density at radius 3 is 2.33 bits per heavy atom. The lowest BCUT2D eigenvalue weighted by Crippen LogP contribution is -2.49. The van der Waals surface area contributed by atoms with Crippen LogP contribution in [-0.4, -0.2) is 54.6 Å². The van der Waals surface area contributed by atoms with Crippen molar-refractivity contribution in [1.82, 2.24) is 9.88 Å². The summed E-state index contributed by atoms with van der Waals surface area (Å²) in [5, 5.41) is 3.39. The highest BCUT2D eigenvalue weighted by Gasteiger charge is 2.23. The van der Waals surface area contributed by atoms with Gasteiger partial charge in [-0.1, -0.05) is 0 Å². The molecule has 2 aromatic rings. The number of aromatic nitrogens is 1. The van der Waals surface area contributed by atoms with Crippen molar-refractivity contribution >= 4 is 17.3 Å². The van der Waals surface area contributed by atoms with Crippen LogP contribution in [0.3, 0.4) is 0 Å². The van der Waals surface area contributed by atoms with Gasteiger partial charge in [-0.3, -0.25) is 9.78 Å². The molecule has 1 aliphatic rings. The highest BCUT2D eigenvalue weighted by molar-refractivity contribution is 5.93. The lowest BCUT2D eigenvalue weighted by atomic mass is 10.1. The standard InChI is InChI=1S/C21H28N4O2/c1-21(2,3)23-16-9-10-22-19(15-16)20(26)25-13-11-24(12-14-25)17-5-7-18(27-4)8-6-17/h5-10,15H,11-14H2,1-4H3,(H,22,23). The summed E-state index contributed by atoms with van der Waals surface area (Å²) >= 11 is 0. The van der Waals surface area contributed by atoms with Gasteiger partial charge in [-0.25, -0.2) is 0 Å². The van der Waals surface area contributed by atoms with Crippen molar-refractivity contribution < 1.29 is 9.53 Å². The minimum atomic E-state index is -0.0638. The molecule has 6 nitrogen and oxygen atoms in total. The van der Waals surface area contributed by atoms with Crippen molar-refractivity contribution in [3.8, 4) is 5.75 Å². The SMILES string of the molecule is COc1ccc(N2CCN(C(=O)c3cc(NC(C)(C)C)ccn3)CC2)cc1. The summed E-state index contributed by atoms with van der Waals surface area (Å²) in [6.07, 6.45) is 1.69. The minimum absolute atomic E-state index is 0.0121. The van der Waals surface area contributed by atoms with E-state index in [0.717, 1.165) is 30.2 Å². The van der Waals surface area contributed by atoms with Crippen LogP contribution in [0.1, 0.15) is 31.3 Å². The molecule has 0 bridgehead atoms. The Morgan fingerprint density at radius 1 is 1.07 bits per heavy atom. The molecule has 0 radical (unpaired) electrons. The van der Waals surface area contributed by atoms with Gasteiger partial charge in [-0.15, -0.1) is 0 Å². The number of pyridine rings is 1. The van der Waals surface area contributed by atoms with E-state index < -0.39 is 0 Å². The van der Waals surface area contributed by atoms with Crippen molar-refractivity contribution in [2.24, 2.45) is 0 Å². The Hall–Kier alpha value is -2.76. The molecule has 3 rings (SSSR count). The zero-order valence-corrected chi connectivity index (χ0v) is 16.5. The van der Waals surface area contributed by atoms with Crippen LogP contribution in [0.5, 0.6) is 5.75 Å². The smallest absolute Gasteiger partial charge is 0.272 e. The average molecular weight is 368 g/mol. The maximum absolute atomic E-state index is 12.8. The maximum Gasteiger partial charge on any atom is 0.272 e. The summed E-state index contributed by atoms with van der Waals surface area (Å²) in [7, 11) is 1.67. The quantitative estimate of drug-likeness (QED) is 0.898. The second-order valence-electron chi connectivity index (χ2n) is 7.78. The summed E-state index contributed by atoms with van der Waals surface area (Å²) in [5.41, 5.74) is 2.49. The zero-order chi connectivity index (χ0) is 19.4. The first-order valence-electron chi connectivity index (χ1n) is 9.28. The molecule has 0 saturated carbocycles. The Morgan fingerprint density at radius 2 is 1.74 bits per heavy atom. The lowest BCUT2D eigenvalue weighted by molar-refractivity contribution is 0.0741. The van der Waals surface area contributed by atoms with Crippen molar-refractivity contribution in [2.75, 3.05) is 43.5 Å². The molecule has 1 aliphatic heterocycles. The summed E-state index contributed by atoms with van der Waals surface area (Å²) < 4.78 is 5.21. The number of nitrogens with zero attached hydrogens (tertiary/aromatic N) is 3. The Kier molecular flexibility index (Phi) is 5.54. The van der Waals surface area contributed by atoms with E-state index in [1.165, 1.54) is 0 Å². The molecule has 1 aromatic carbocycles. The van der Waals surface area contributed by atoms with Crippen LogP contribution in [0.15, 0.2) is 42.6 Å². The normalized spacial score (nSPS) is 14.8. The predicted molar refractivity (Wildman–Crippen MR) is 109 cm³/mol. The summed E-state index contributed by atoms with van der Waals surface area (Å²) in [6, 6.07) is 11.8. The minimum Gasteiger partial charge on any atom is -0.497 e. The number of piperazine rings is 1. The third-order valence-electron chi connectivity index (χ3n) is 4.50. The molecule has 6 heteroatoms. The summed E-state index contributed by atoms with van der Waals surface area (Å²) in [4.78, 5) is 21.3. The van der Waals surface area contributed by atoms with Gasteiger partial charge in [0.1, 0.15) is 11.4 Å². The molecule has 1 amide bonds. The molecule has 1 aromatic heterocycles. The van der Waals surface area contributed by atoms with E-state index >= 15 is 0 Å². The fraction of sp³-hybridized carbons (Fsp3) is 0.429. The highest BCUT2D eigenvalue weighted by Crippen LogP contribution is 2.21. The molecule has 144 valence electrons. The molecule has 0 spiro atoms. The average Bonchev–Trinajstić information content (AvgIpc) is 2.66. The van der Waals surface area contributed by atoms with Gasteiger partial charge in [0, 0.05) is 49.3 Å². The Balaban J connectivity index is 1.62. The van der Waals surface area contributed by atoms with Gasteiger partial charge in [0.05, 0.1) is 7.11 Å². The van der Waals surface area contributed by atoms with Gasteiger partial charge < -0.3 is 19.9 Å². The van der Waals surface area contributed by atoms with Crippen LogP contribution in [0.25, 0.3) is 0 Å². The van der Waals surface area contributed by atoms with Gasteiger partial charge >= 0.3 is 0 Å². The van der Waals surface area contributed by atoms with Crippen LogP contribution < -0.4 is 15.0 Å². The van der Waals surface area contributed by atoms with Gasteiger partial charge in [0.25, 0.3) is 5.91 Å². The number of rotatable bonds is 4. The van der Waals surface area contributed by atoms with Crippen LogP contribution in [0, 0.1) is 0 Å². The van der Waals surface area contributed by atoms with Gasteiger partial charge in [0.2, 0.25) is 0 Å². The van der Waals surface area contributed by atoms with Gasteiger partial charge in [-0.2, -0.15) is 0 Å². The van der Waals surface area contributed by atoms with Gasteiger partial charge in [0.15, 0.2) is 0 Å². The fourth-order valence-corrected chi connectivity index (χ4v) is 3.18. The summed E-state index contributed by atoms with van der Waals surface area (Å²) in [5.74, 6) is 0.837. The number of methoxy groups -OCH3 is 1. The molecule has 1 saturated heterocycles. The van der Waals surface area contributed by atoms with E-state index in [4.69, 9.17) is 4.74 Å². The van der Waals surface area contributed by atoms with E-state index in [2.05, 4.69) is 48.1 Å². The summed E-state index contributed by atoms with van der Waals surface area (Å²) in [6.45, 7) is 9.25. The van der Waals surface area contributed by atoms with E-state index in [1.54, 1.807) is 13.3 Å². The van der Waals surface area contributed by atoms with Crippen LogP contribution in [0.4, 0.5) is 11.4 Å². The number of ether oxygens (including phenoxy) is 1. The van der Waals surface area contributed by atoms with Crippen molar-refractivity contribution in [2.45, 2.75) is 26.3 Å². The number of hydrogen-bond donors (Lipinski definition) is 1. The first-order chi connectivity index (χ1) is 12.9. The van der Waals surface area contributed by atoms with E-state index in [1.807, 2.05) is 29.2 Å². The maximum atomic E-state index is 12.8. The van der Waals surface area contributed by atoms with Crippen LogP contribution in [-0.2, 0) is 0 Å². The van der Waals surface area contributed by atoms with Crippen LogP contribution in [0.2, 0.25) is 0 Å². The third-order valence-corrected chi connectivity index (χ3v) is 4.50. The number of carbonyl (C=O) groups is 1. The first kappa shape index (κ1) is 19.0. The monoisotopic (exact) mass is 368 g/mol. The molecular formula is C21H28N4O2. The topological polar surface area (TPSA) is 57.7 Å². The largest absolute Gasteiger partial charge is 0.497 e. The molecular weight excluding hydrogens is 340 g/mol. The number of hydrogen-bond acceptors (Lipinski definition) is 5. The molecule has 0 atom stereocenters. The number of amides is 1. The van der Waals surface area contributed by atoms with Gasteiger partial charge in [-0.05, 0) is 57.2 Å². The first-order valence-corrected chi connectivity index (χ1v) is 9.28. The molecule has 27 heavy (non-hydrogen) atoms. The lowest BCUT2D eigenvalue weighted by Gasteiger charge is -2.36. The Bertz CT molecular complexity index is 776. The van der Waals surface area contributed by atoms with Crippen molar-refractivity contribution in [3.63, 3.8) is 0 Å². The van der Waals surface area contributed by atoms with E-state index in [-0.39, 0.29) is 11.4 Å². The molecule has 0 aliphatic carbocycles. The molecule has 0 unspecified atom stereocenters. The fourth-order valence-electron chi connectivity index (χ4n) is 3.18. The highest BCUT2D eigenvalue weighted by atomic mass is 16.5. The molecule has 2 heterocycles. The Labute approximate surface area is 161 Å². The van der Waals surface area contributed by atoms with Crippen LogP contribution >= 0.6 is 0 Å². The number of nitrogens with one attached hydrogen (secondary N) is 1. The number of anilines is 2. The van der Waals surface area contributed by atoms with Crippen molar-refractivity contribution in [3.05, 3.63) is 48.3 Å². The van der Waals surface area contributed by atoms with E-state index in [9.17, 15) is 4.79 Å². The van der Waals surface area contributed by atoms with Crippen molar-refractivity contribution in [1.29, 1.82) is 0 Å². The zero-order valence-electron chi connectivity index (χ0n) is 16.5. The number of benzene rings is 1. The predicted octanol–water partition coefficient (Wildman–Crippen LogP) is 3.26. The number of carbonyl (C=O) groups excluding carboxylic acids is 1. The van der Waals surface area contributed by atoms with E-state index in [0.29, 0.717) is 18.8 Å². The molecule has 1 fully saturated rings.